The fourth-order valence-electron chi connectivity index (χ4n) is 6.26. The Balaban J connectivity index is 1.68. The Kier molecular flexibility index (Phi) is 5.52. The van der Waals surface area contributed by atoms with Crippen molar-refractivity contribution in [1.82, 2.24) is 4.98 Å². The molecule has 1 aromatic carbocycles. The van der Waals surface area contributed by atoms with Gasteiger partial charge in [0.15, 0.2) is 0 Å². The molecule has 3 aliphatic rings. The van der Waals surface area contributed by atoms with Crippen molar-refractivity contribution < 1.29 is 27.8 Å². The van der Waals surface area contributed by atoms with E-state index in [9.17, 15) is 18.3 Å². The molecule has 0 bridgehead atoms. The second-order valence-electron chi connectivity index (χ2n) is 11.2. The lowest BCUT2D eigenvalue weighted by atomic mass is 9.70. The number of pyridine rings is 1. The molecule has 4 nitrogen and oxygen atoms in total. The molecule has 1 aromatic heterocycles. The van der Waals surface area contributed by atoms with Gasteiger partial charge in [0.2, 0.25) is 0 Å². The number of aliphatic hydroxyl groups excluding tert-OH is 1. The van der Waals surface area contributed by atoms with Crippen LogP contribution in [-0.2, 0) is 16.8 Å². The van der Waals surface area contributed by atoms with E-state index in [-0.39, 0.29) is 17.1 Å². The summed E-state index contributed by atoms with van der Waals surface area (Å²) in [6.45, 7) is 8.55. The number of aromatic nitrogens is 1. The van der Waals surface area contributed by atoms with Gasteiger partial charge in [-0.15, -0.1) is 13.2 Å². The minimum Gasteiger partial charge on any atom is -0.406 e. The topological polar surface area (TPSA) is 51.6 Å². The van der Waals surface area contributed by atoms with Crippen molar-refractivity contribution in [2.45, 2.75) is 96.3 Å². The Bertz CT molecular complexity index is 1090. The summed E-state index contributed by atoms with van der Waals surface area (Å²) in [6, 6.07) is 5.96. The second-order valence-corrected chi connectivity index (χ2v) is 11.2. The monoisotopic (exact) mass is 475 g/mol. The van der Waals surface area contributed by atoms with Gasteiger partial charge in [0.1, 0.15) is 11.9 Å². The second kappa shape index (κ2) is 7.95. The van der Waals surface area contributed by atoms with E-state index in [0.717, 1.165) is 65.7 Å². The number of nitrogens with zero attached hydrogens (tertiary/aromatic N) is 1. The highest BCUT2D eigenvalue weighted by atomic mass is 19.4. The maximum Gasteiger partial charge on any atom is 0.573 e. The van der Waals surface area contributed by atoms with Crippen molar-refractivity contribution in [3.63, 3.8) is 0 Å². The summed E-state index contributed by atoms with van der Waals surface area (Å²) in [4.78, 5) is 5.11. The third kappa shape index (κ3) is 4.01. The number of fused-ring (bicyclic) bond motifs is 4. The van der Waals surface area contributed by atoms with Crippen LogP contribution in [0.3, 0.4) is 0 Å². The number of halogens is 3. The lowest BCUT2D eigenvalue weighted by molar-refractivity contribution is -0.274. The van der Waals surface area contributed by atoms with Crippen LogP contribution in [0.1, 0.15) is 112 Å². The predicted octanol–water partition coefficient (Wildman–Crippen LogP) is 7.00. The van der Waals surface area contributed by atoms with Crippen LogP contribution in [0.5, 0.6) is 5.75 Å². The van der Waals surface area contributed by atoms with Crippen molar-refractivity contribution in [2.24, 2.45) is 5.41 Å². The van der Waals surface area contributed by atoms with Crippen molar-refractivity contribution >= 4 is 0 Å². The van der Waals surface area contributed by atoms with Gasteiger partial charge in [-0.3, -0.25) is 4.98 Å². The molecule has 2 aromatic rings. The van der Waals surface area contributed by atoms with Crippen LogP contribution in [0.15, 0.2) is 24.3 Å². The van der Waals surface area contributed by atoms with E-state index in [1.54, 1.807) is 12.1 Å². The third-order valence-electron chi connectivity index (χ3n) is 7.54. The fourth-order valence-corrected chi connectivity index (χ4v) is 6.26. The van der Waals surface area contributed by atoms with Crippen LogP contribution < -0.4 is 4.74 Å². The maximum atomic E-state index is 12.7. The van der Waals surface area contributed by atoms with Crippen molar-refractivity contribution in [3.05, 3.63) is 57.9 Å². The van der Waals surface area contributed by atoms with E-state index in [1.165, 1.54) is 12.1 Å². The summed E-state index contributed by atoms with van der Waals surface area (Å²) in [7, 11) is 0. The quantitative estimate of drug-likeness (QED) is 0.519. The summed E-state index contributed by atoms with van der Waals surface area (Å²) in [5.74, 6) is -0.118. The number of hydrogen-bond donors (Lipinski definition) is 1. The molecule has 1 aliphatic heterocycles. The Morgan fingerprint density at radius 3 is 2.32 bits per heavy atom. The summed E-state index contributed by atoms with van der Waals surface area (Å²) in [5, 5.41) is 11.3. The Morgan fingerprint density at radius 2 is 1.74 bits per heavy atom. The first kappa shape index (κ1) is 23.6. The first-order chi connectivity index (χ1) is 15.9. The average molecular weight is 476 g/mol. The van der Waals surface area contributed by atoms with Gasteiger partial charge in [-0.2, -0.15) is 0 Å². The molecule has 1 spiro atoms. The van der Waals surface area contributed by atoms with E-state index < -0.39 is 24.2 Å². The molecule has 184 valence electrons. The predicted molar refractivity (Wildman–Crippen MR) is 122 cm³/mol. The number of rotatable bonds is 3. The summed E-state index contributed by atoms with van der Waals surface area (Å²) in [6.07, 6.45) is -0.486. The summed E-state index contributed by atoms with van der Waals surface area (Å²) in [5.41, 5.74) is 5.20. The number of ether oxygens (including phenoxy) is 2. The van der Waals surface area contributed by atoms with Gasteiger partial charge in [0.05, 0.1) is 11.7 Å². The maximum absolute atomic E-state index is 12.7. The fraction of sp³-hybridized carbons (Fsp3) is 0.593. The molecule has 2 unspecified atom stereocenters. The molecular formula is C27H32F3NO3. The number of alkyl halides is 3. The lowest BCUT2D eigenvalue weighted by Crippen LogP contribution is -2.32. The highest BCUT2D eigenvalue weighted by Crippen LogP contribution is 2.59. The number of hydrogen-bond acceptors (Lipinski definition) is 4. The normalized spacial score (nSPS) is 25.0. The highest BCUT2D eigenvalue weighted by molar-refractivity contribution is 5.54. The van der Waals surface area contributed by atoms with Gasteiger partial charge in [-0.1, -0.05) is 52.7 Å². The van der Waals surface area contributed by atoms with Crippen LogP contribution >= 0.6 is 0 Å². The molecule has 5 rings (SSSR count). The van der Waals surface area contributed by atoms with E-state index in [2.05, 4.69) is 32.4 Å². The summed E-state index contributed by atoms with van der Waals surface area (Å²) >= 11 is 0. The van der Waals surface area contributed by atoms with Gasteiger partial charge in [-0.25, -0.2) is 0 Å². The minimum atomic E-state index is -4.73. The number of aliphatic hydroxyl groups is 1. The van der Waals surface area contributed by atoms with Crippen molar-refractivity contribution in [3.8, 4) is 5.75 Å². The van der Waals surface area contributed by atoms with Crippen LogP contribution in [-0.4, -0.2) is 16.5 Å². The minimum absolute atomic E-state index is 0.0437. The molecule has 0 saturated heterocycles. The molecule has 34 heavy (non-hydrogen) atoms. The summed E-state index contributed by atoms with van der Waals surface area (Å²) < 4.78 is 48.9. The molecule has 1 fully saturated rings. The Morgan fingerprint density at radius 1 is 1.09 bits per heavy atom. The molecule has 1 saturated carbocycles. The van der Waals surface area contributed by atoms with Crippen LogP contribution in [0.25, 0.3) is 0 Å². The van der Waals surface area contributed by atoms with Crippen molar-refractivity contribution in [2.75, 3.05) is 0 Å². The van der Waals surface area contributed by atoms with E-state index in [0.29, 0.717) is 6.42 Å². The molecule has 0 radical (unpaired) electrons. The molecule has 1 N–H and O–H groups in total. The van der Waals surface area contributed by atoms with Crippen LogP contribution in [0.4, 0.5) is 13.2 Å². The first-order valence-electron chi connectivity index (χ1n) is 12.2. The van der Waals surface area contributed by atoms with E-state index >= 15 is 0 Å². The molecule has 2 heterocycles. The zero-order chi connectivity index (χ0) is 24.5. The SMILES string of the molecule is CC(C)c1nc2c(c3c1C(c1ccc(OC(F)(F)F)cc1)OC31CCCC1)C(O)CC(C)(C)C2. The zero-order valence-electron chi connectivity index (χ0n) is 20.1. The zero-order valence-corrected chi connectivity index (χ0v) is 20.1. The largest absolute Gasteiger partial charge is 0.573 e. The molecular weight excluding hydrogens is 443 g/mol. The number of benzene rings is 1. The third-order valence-corrected chi connectivity index (χ3v) is 7.54. The first-order valence-corrected chi connectivity index (χ1v) is 12.2. The smallest absolute Gasteiger partial charge is 0.406 e. The molecule has 0 amide bonds. The van der Waals surface area contributed by atoms with Gasteiger partial charge < -0.3 is 14.6 Å². The highest BCUT2D eigenvalue weighted by Gasteiger charge is 2.52. The van der Waals surface area contributed by atoms with Gasteiger partial charge in [0, 0.05) is 22.5 Å². The van der Waals surface area contributed by atoms with Gasteiger partial charge in [0.25, 0.3) is 0 Å². The van der Waals surface area contributed by atoms with Crippen molar-refractivity contribution in [1.29, 1.82) is 0 Å². The van der Waals surface area contributed by atoms with Crippen LogP contribution in [0, 0.1) is 5.41 Å². The van der Waals surface area contributed by atoms with Gasteiger partial charge >= 0.3 is 6.36 Å². The lowest BCUT2D eigenvalue weighted by Gasteiger charge is -2.38. The van der Waals surface area contributed by atoms with E-state index in [4.69, 9.17) is 9.72 Å². The van der Waals surface area contributed by atoms with E-state index in [1.807, 2.05) is 0 Å². The average Bonchev–Trinajstić information content (AvgIpc) is 3.31. The van der Waals surface area contributed by atoms with Gasteiger partial charge in [-0.05, 0) is 60.3 Å². The molecule has 2 atom stereocenters. The Hall–Kier alpha value is -2.12. The Labute approximate surface area is 198 Å². The standard InChI is InChI=1S/C27H32F3NO3/c1-15(2)23-21-22(20-18(31-23)13-25(3,4)14-19(20)32)26(11-5-6-12-26)34-24(21)16-7-9-17(10-8-16)33-27(28,29)30/h7-10,15,19,24,32H,5-6,11-14H2,1-4H3. The molecule has 2 aliphatic carbocycles. The van der Waals surface area contributed by atoms with Crippen LogP contribution in [0.2, 0.25) is 0 Å². The molecule has 7 heteroatoms.